The van der Waals surface area contributed by atoms with Gasteiger partial charge in [-0.15, -0.1) is 0 Å². The lowest BCUT2D eigenvalue weighted by molar-refractivity contribution is -0.384. The Hall–Kier alpha value is -4.54. The van der Waals surface area contributed by atoms with E-state index in [1.54, 1.807) is 24.3 Å². The summed E-state index contributed by atoms with van der Waals surface area (Å²) in [6, 6.07) is 19.5. The summed E-state index contributed by atoms with van der Waals surface area (Å²) >= 11 is 0. The second kappa shape index (κ2) is 13.0. The number of ether oxygens (including phenoxy) is 2. The molecule has 2 aliphatic rings. The number of ketones is 1. The number of carbonyl (C=O) groups is 2. The molecular weight excluding hydrogens is 538 g/mol. The van der Waals surface area contributed by atoms with Gasteiger partial charge in [0.25, 0.3) is 17.4 Å². The second-order valence-electron chi connectivity index (χ2n) is 10.4. The normalized spacial score (nSPS) is 18.8. The number of likely N-dealkylation sites (tertiary alicyclic amines) is 1. The number of benzene rings is 3. The Balaban J connectivity index is 1.40. The molecule has 2 saturated heterocycles. The van der Waals surface area contributed by atoms with E-state index in [-0.39, 0.29) is 23.6 Å². The van der Waals surface area contributed by atoms with Crippen LogP contribution in [0.25, 0.3) is 5.76 Å². The molecule has 10 nitrogen and oxygen atoms in total. The highest BCUT2D eigenvalue weighted by Gasteiger charge is 2.46. The monoisotopic (exact) mass is 571 g/mol. The summed E-state index contributed by atoms with van der Waals surface area (Å²) in [7, 11) is 0. The van der Waals surface area contributed by atoms with Gasteiger partial charge in [0.15, 0.2) is 0 Å². The minimum absolute atomic E-state index is 0.0474. The Kier molecular flexibility index (Phi) is 8.94. The zero-order valence-electron chi connectivity index (χ0n) is 23.4. The highest BCUT2D eigenvalue weighted by atomic mass is 16.6. The molecule has 2 aliphatic heterocycles. The Bertz CT molecular complexity index is 1480. The van der Waals surface area contributed by atoms with Crippen molar-refractivity contribution in [3.63, 3.8) is 0 Å². The quantitative estimate of drug-likeness (QED) is 0.123. The molecule has 0 bridgehead atoms. The molecule has 0 saturated carbocycles. The minimum Gasteiger partial charge on any atom is -0.507 e. The van der Waals surface area contributed by atoms with Gasteiger partial charge in [0.1, 0.15) is 18.1 Å². The number of aliphatic hydroxyl groups excluding tert-OH is 1. The first-order valence-electron chi connectivity index (χ1n) is 13.9. The Morgan fingerprint density at radius 2 is 1.69 bits per heavy atom. The Morgan fingerprint density at radius 1 is 1.00 bits per heavy atom. The van der Waals surface area contributed by atoms with E-state index in [4.69, 9.17) is 9.47 Å². The SMILES string of the molecule is Cc1ccccc1COc1ccc(C(O)=C2C(=O)C(=O)N(CCCN3CCOCC3)C2c2ccc([N+](=O)[O-])cc2)cc1. The van der Waals surface area contributed by atoms with Crippen molar-refractivity contribution >= 4 is 23.1 Å². The first kappa shape index (κ1) is 29.0. The average molecular weight is 572 g/mol. The van der Waals surface area contributed by atoms with Crippen LogP contribution in [0.2, 0.25) is 0 Å². The minimum atomic E-state index is -0.882. The predicted octanol–water partition coefficient (Wildman–Crippen LogP) is 4.63. The van der Waals surface area contributed by atoms with Crippen LogP contribution in [0.1, 0.15) is 34.7 Å². The molecule has 1 amide bonds. The third kappa shape index (κ3) is 6.35. The van der Waals surface area contributed by atoms with Crippen LogP contribution in [0.5, 0.6) is 5.75 Å². The summed E-state index contributed by atoms with van der Waals surface area (Å²) in [4.78, 5) is 41.0. The molecule has 2 fully saturated rings. The summed E-state index contributed by atoms with van der Waals surface area (Å²) in [5, 5.41) is 22.6. The van der Waals surface area contributed by atoms with E-state index in [9.17, 15) is 24.8 Å². The highest BCUT2D eigenvalue weighted by Crippen LogP contribution is 2.40. The number of hydrogen-bond donors (Lipinski definition) is 1. The predicted molar refractivity (Wildman–Crippen MR) is 156 cm³/mol. The van der Waals surface area contributed by atoms with E-state index < -0.39 is 22.7 Å². The molecule has 0 aromatic heterocycles. The van der Waals surface area contributed by atoms with Gasteiger partial charge in [-0.2, -0.15) is 0 Å². The molecule has 1 N–H and O–H groups in total. The molecule has 42 heavy (non-hydrogen) atoms. The van der Waals surface area contributed by atoms with Gasteiger partial charge < -0.3 is 19.5 Å². The summed E-state index contributed by atoms with van der Waals surface area (Å²) < 4.78 is 11.3. The molecular formula is C32H33N3O7. The molecule has 1 unspecified atom stereocenters. The molecule has 218 valence electrons. The number of aryl methyl sites for hydroxylation is 1. The van der Waals surface area contributed by atoms with E-state index >= 15 is 0 Å². The van der Waals surface area contributed by atoms with Crippen LogP contribution in [-0.4, -0.2) is 70.9 Å². The molecule has 0 radical (unpaired) electrons. The van der Waals surface area contributed by atoms with Gasteiger partial charge in [-0.05, 0) is 66.4 Å². The number of nitro groups is 1. The van der Waals surface area contributed by atoms with E-state index in [0.717, 1.165) is 30.8 Å². The molecule has 1 atom stereocenters. The number of rotatable bonds is 10. The van der Waals surface area contributed by atoms with Crippen molar-refractivity contribution in [2.75, 3.05) is 39.4 Å². The summed E-state index contributed by atoms with van der Waals surface area (Å²) in [5.41, 5.74) is 2.88. The van der Waals surface area contributed by atoms with Gasteiger partial charge in [-0.1, -0.05) is 24.3 Å². The van der Waals surface area contributed by atoms with Crippen LogP contribution >= 0.6 is 0 Å². The van der Waals surface area contributed by atoms with Crippen molar-refractivity contribution in [3.8, 4) is 5.75 Å². The van der Waals surface area contributed by atoms with E-state index in [1.807, 2.05) is 31.2 Å². The summed E-state index contributed by atoms with van der Waals surface area (Å²) in [6.45, 7) is 6.32. The fourth-order valence-electron chi connectivity index (χ4n) is 5.32. The van der Waals surface area contributed by atoms with Crippen molar-refractivity contribution in [1.29, 1.82) is 0 Å². The molecule has 10 heteroatoms. The lowest BCUT2D eigenvalue weighted by Crippen LogP contribution is -2.38. The largest absolute Gasteiger partial charge is 0.507 e. The zero-order valence-corrected chi connectivity index (χ0v) is 23.4. The summed E-state index contributed by atoms with van der Waals surface area (Å²) in [5.74, 6) is -1.22. The van der Waals surface area contributed by atoms with Crippen molar-refractivity contribution in [3.05, 3.63) is 111 Å². The van der Waals surface area contributed by atoms with Crippen LogP contribution in [0.3, 0.4) is 0 Å². The fraction of sp³-hybridized carbons (Fsp3) is 0.312. The first-order chi connectivity index (χ1) is 20.3. The van der Waals surface area contributed by atoms with Crippen molar-refractivity contribution in [1.82, 2.24) is 9.80 Å². The van der Waals surface area contributed by atoms with Gasteiger partial charge in [0.05, 0.1) is 29.8 Å². The smallest absolute Gasteiger partial charge is 0.295 e. The molecule has 3 aromatic rings. The number of nitrogens with zero attached hydrogens (tertiary/aromatic N) is 3. The number of hydrogen-bond acceptors (Lipinski definition) is 8. The van der Waals surface area contributed by atoms with Crippen LogP contribution in [-0.2, 0) is 20.9 Å². The van der Waals surface area contributed by atoms with Crippen molar-refractivity contribution < 1.29 is 29.1 Å². The Labute approximate surface area is 243 Å². The van der Waals surface area contributed by atoms with E-state index in [1.165, 1.54) is 29.2 Å². The van der Waals surface area contributed by atoms with E-state index in [2.05, 4.69) is 4.90 Å². The van der Waals surface area contributed by atoms with Crippen molar-refractivity contribution in [2.45, 2.75) is 26.0 Å². The van der Waals surface area contributed by atoms with Crippen LogP contribution < -0.4 is 4.74 Å². The van der Waals surface area contributed by atoms with Gasteiger partial charge in [-0.3, -0.25) is 24.6 Å². The standard InChI is InChI=1S/C32H33N3O7/c1-22-5-2-3-6-25(22)21-42-27-13-9-24(10-14-27)30(36)28-29(23-7-11-26(12-8-23)35(39)40)34(32(38)31(28)37)16-4-15-33-17-19-41-20-18-33/h2-3,5-14,29,36H,4,15-21H2,1H3. The number of Topliss-reactive ketones (excluding diaryl/α,β-unsaturated/α-hetero) is 1. The van der Waals surface area contributed by atoms with Crippen LogP contribution in [0.4, 0.5) is 5.69 Å². The maximum atomic E-state index is 13.3. The Morgan fingerprint density at radius 3 is 2.36 bits per heavy atom. The summed E-state index contributed by atoms with van der Waals surface area (Å²) in [6.07, 6.45) is 0.615. The van der Waals surface area contributed by atoms with Gasteiger partial charge in [-0.25, -0.2) is 0 Å². The number of amides is 1. The lowest BCUT2D eigenvalue weighted by Gasteiger charge is -2.29. The number of aliphatic hydroxyl groups is 1. The van der Waals surface area contributed by atoms with Gasteiger partial charge in [0, 0.05) is 43.9 Å². The van der Waals surface area contributed by atoms with Gasteiger partial charge in [0.2, 0.25) is 0 Å². The number of morpholine rings is 1. The van der Waals surface area contributed by atoms with Gasteiger partial charge >= 0.3 is 0 Å². The zero-order chi connectivity index (χ0) is 29.6. The third-order valence-corrected chi connectivity index (χ3v) is 7.72. The lowest BCUT2D eigenvalue weighted by atomic mass is 9.95. The van der Waals surface area contributed by atoms with Crippen LogP contribution in [0.15, 0.2) is 78.4 Å². The van der Waals surface area contributed by atoms with E-state index in [0.29, 0.717) is 43.1 Å². The van der Waals surface area contributed by atoms with Crippen molar-refractivity contribution in [2.24, 2.45) is 0 Å². The average Bonchev–Trinajstić information content (AvgIpc) is 3.26. The second-order valence-corrected chi connectivity index (χ2v) is 10.4. The number of non-ortho nitro benzene ring substituents is 1. The molecule has 3 aromatic carbocycles. The van der Waals surface area contributed by atoms with Crippen LogP contribution in [0, 0.1) is 17.0 Å². The third-order valence-electron chi connectivity index (χ3n) is 7.72. The maximum Gasteiger partial charge on any atom is 0.295 e. The number of nitro benzene ring substituents is 1. The molecule has 0 aliphatic carbocycles. The maximum absolute atomic E-state index is 13.3. The topological polar surface area (TPSA) is 122 Å². The highest BCUT2D eigenvalue weighted by molar-refractivity contribution is 6.46. The fourth-order valence-corrected chi connectivity index (χ4v) is 5.32. The molecule has 0 spiro atoms. The molecule has 5 rings (SSSR count). The molecule has 2 heterocycles. The number of carbonyl (C=O) groups excluding carboxylic acids is 2. The first-order valence-corrected chi connectivity index (χ1v) is 13.9.